The molecule has 0 unspecified atom stereocenters. The minimum Gasteiger partial charge on any atom is -0.296 e. The Bertz CT molecular complexity index is 1650. The van der Waals surface area contributed by atoms with E-state index in [4.69, 9.17) is 4.98 Å². The lowest BCUT2D eigenvalue weighted by molar-refractivity contribution is 0.0655. The molecule has 2 amide bonds. The molecule has 0 spiro atoms. The lowest BCUT2D eigenvalue weighted by atomic mass is 10.1. The molecule has 6 rings (SSSR count). The van der Waals surface area contributed by atoms with Crippen molar-refractivity contribution in [1.82, 2.24) is 24.6 Å². The molecule has 3 aromatic carbocycles. The third-order valence-corrected chi connectivity index (χ3v) is 6.51. The third-order valence-electron chi connectivity index (χ3n) is 6.51. The van der Waals surface area contributed by atoms with E-state index in [1.54, 1.807) is 47.2 Å². The Hall–Kier alpha value is -4.59. The van der Waals surface area contributed by atoms with Gasteiger partial charge in [0.05, 0.1) is 33.7 Å². The van der Waals surface area contributed by atoms with Gasteiger partial charge in [0.1, 0.15) is 5.82 Å². The molecule has 8 heteroatoms. The van der Waals surface area contributed by atoms with Crippen LogP contribution in [0.3, 0.4) is 0 Å². The third kappa shape index (κ3) is 3.59. The van der Waals surface area contributed by atoms with Gasteiger partial charge in [0.2, 0.25) is 0 Å². The first-order chi connectivity index (χ1) is 17.1. The van der Waals surface area contributed by atoms with Crippen molar-refractivity contribution in [1.29, 1.82) is 0 Å². The highest BCUT2D eigenvalue weighted by Gasteiger charge is 2.34. The molecule has 0 saturated heterocycles. The van der Waals surface area contributed by atoms with Crippen LogP contribution in [0.25, 0.3) is 21.8 Å². The van der Waals surface area contributed by atoms with E-state index in [9.17, 15) is 14.4 Å². The highest BCUT2D eigenvalue weighted by atomic mass is 16.2. The molecular weight excluding hydrogens is 442 g/mol. The maximum absolute atomic E-state index is 13.4. The summed E-state index contributed by atoms with van der Waals surface area (Å²) in [6, 6.07) is 20.1. The van der Waals surface area contributed by atoms with Crippen molar-refractivity contribution in [2.75, 3.05) is 6.54 Å². The van der Waals surface area contributed by atoms with Crippen LogP contribution in [0.5, 0.6) is 0 Å². The van der Waals surface area contributed by atoms with Gasteiger partial charge in [0.15, 0.2) is 0 Å². The normalized spacial score (nSPS) is 13.2. The van der Waals surface area contributed by atoms with Crippen molar-refractivity contribution in [3.63, 3.8) is 0 Å². The quantitative estimate of drug-likeness (QED) is 0.389. The Morgan fingerprint density at radius 3 is 2.34 bits per heavy atom. The number of rotatable bonds is 6. The van der Waals surface area contributed by atoms with E-state index >= 15 is 0 Å². The van der Waals surface area contributed by atoms with Crippen LogP contribution in [-0.2, 0) is 19.4 Å². The Labute approximate surface area is 199 Å². The number of carbonyl (C=O) groups is 2. The van der Waals surface area contributed by atoms with Crippen molar-refractivity contribution < 1.29 is 9.59 Å². The summed E-state index contributed by atoms with van der Waals surface area (Å²) in [6.07, 6.45) is 2.67. The second-order valence-corrected chi connectivity index (χ2v) is 8.60. The number of benzene rings is 3. The molecule has 0 saturated carbocycles. The van der Waals surface area contributed by atoms with Crippen LogP contribution in [0.2, 0.25) is 0 Å². The highest BCUT2D eigenvalue weighted by molar-refractivity contribution is 6.21. The van der Waals surface area contributed by atoms with Gasteiger partial charge in [-0.2, -0.15) is 5.10 Å². The van der Waals surface area contributed by atoms with Crippen molar-refractivity contribution >= 4 is 33.6 Å². The number of nitrogens with one attached hydrogen (secondary N) is 1. The summed E-state index contributed by atoms with van der Waals surface area (Å²) >= 11 is 0. The fourth-order valence-corrected chi connectivity index (χ4v) is 4.67. The predicted octanol–water partition coefficient (Wildman–Crippen LogP) is 3.35. The number of imide groups is 1. The van der Waals surface area contributed by atoms with Gasteiger partial charge in [-0.05, 0) is 42.3 Å². The van der Waals surface area contributed by atoms with Gasteiger partial charge in [0, 0.05) is 24.9 Å². The molecule has 172 valence electrons. The summed E-state index contributed by atoms with van der Waals surface area (Å²) in [4.78, 5) is 45.0. The molecule has 0 fully saturated rings. The minimum absolute atomic E-state index is 0.129. The van der Waals surface area contributed by atoms with E-state index in [0.29, 0.717) is 40.8 Å². The van der Waals surface area contributed by atoms with Gasteiger partial charge in [-0.1, -0.05) is 36.4 Å². The van der Waals surface area contributed by atoms with E-state index in [2.05, 4.69) is 10.2 Å². The first-order valence-corrected chi connectivity index (χ1v) is 11.5. The predicted molar refractivity (Wildman–Crippen MR) is 131 cm³/mol. The van der Waals surface area contributed by atoms with Crippen LogP contribution < -0.4 is 5.56 Å². The van der Waals surface area contributed by atoms with Crippen molar-refractivity contribution in [3.8, 4) is 0 Å². The number of amides is 2. The SMILES string of the molecule is O=C1c2ccccc2C(=O)N1CCc1nc2ccccc2c(=O)n1CCc1ccc2cn[nH]c2c1. The lowest BCUT2D eigenvalue weighted by Crippen LogP contribution is -2.34. The molecule has 0 radical (unpaired) electrons. The lowest BCUT2D eigenvalue weighted by Gasteiger charge is -2.17. The Morgan fingerprint density at radius 2 is 1.54 bits per heavy atom. The van der Waals surface area contributed by atoms with Crippen molar-refractivity contribution in [2.24, 2.45) is 0 Å². The molecule has 2 aromatic heterocycles. The Morgan fingerprint density at radius 1 is 0.800 bits per heavy atom. The topological polar surface area (TPSA) is 101 Å². The first-order valence-electron chi connectivity index (χ1n) is 11.5. The number of aryl methyl sites for hydroxylation is 1. The molecule has 0 atom stereocenters. The second-order valence-electron chi connectivity index (χ2n) is 8.60. The summed E-state index contributed by atoms with van der Waals surface area (Å²) in [5, 5.41) is 8.61. The zero-order chi connectivity index (χ0) is 23.9. The fourth-order valence-electron chi connectivity index (χ4n) is 4.67. The van der Waals surface area contributed by atoms with Crippen LogP contribution >= 0.6 is 0 Å². The number of H-pyrrole nitrogens is 1. The number of fused-ring (bicyclic) bond motifs is 3. The molecule has 3 heterocycles. The van der Waals surface area contributed by atoms with Gasteiger partial charge in [-0.25, -0.2) is 4.98 Å². The van der Waals surface area contributed by atoms with Gasteiger partial charge >= 0.3 is 0 Å². The summed E-state index contributed by atoms with van der Waals surface area (Å²) < 4.78 is 1.66. The highest BCUT2D eigenvalue weighted by Crippen LogP contribution is 2.23. The average molecular weight is 463 g/mol. The molecule has 1 aliphatic heterocycles. The van der Waals surface area contributed by atoms with E-state index in [0.717, 1.165) is 16.5 Å². The van der Waals surface area contributed by atoms with Crippen LogP contribution in [0.4, 0.5) is 0 Å². The number of para-hydroxylation sites is 1. The second kappa shape index (κ2) is 8.32. The van der Waals surface area contributed by atoms with Gasteiger partial charge in [-0.15, -0.1) is 0 Å². The molecule has 8 nitrogen and oxygen atoms in total. The fraction of sp³-hybridized carbons (Fsp3) is 0.148. The maximum Gasteiger partial charge on any atom is 0.261 e. The molecule has 1 N–H and O–H groups in total. The van der Waals surface area contributed by atoms with Crippen molar-refractivity contribution in [3.05, 3.63) is 106 Å². The monoisotopic (exact) mass is 463 g/mol. The maximum atomic E-state index is 13.4. The largest absolute Gasteiger partial charge is 0.296 e. The smallest absolute Gasteiger partial charge is 0.261 e. The standard InChI is InChI=1S/C27H21N5O3/c33-25-19-5-1-2-6-20(19)26(34)32(25)14-12-24-29-22-8-4-3-7-21(22)27(35)31(24)13-11-17-9-10-18-16-28-30-23(18)15-17/h1-10,15-16H,11-14H2,(H,28,30). The summed E-state index contributed by atoms with van der Waals surface area (Å²) in [6.45, 7) is 0.574. The molecule has 0 aliphatic carbocycles. The minimum atomic E-state index is -0.312. The first kappa shape index (κ1) is 21.0. The van der Waals surface area contributed by atoms with Crippen LogP contribution in [0.1, 0.15) is 32.1 Å². The van der Waals surface area contributed by atoms with E-state index in [1.165, 1.54) is 4.90 Å². The van der Waals surface area contributed by atoms with Gasteiger partial charge in [0.25, 0.3) is 17.4 Å². The number of aromatic amines is 1. The summed E-state index contributed by atoms with van der Waals surface area (Å²) in [5.74, 6) is -0.0748. The molecule has 5 aromatic rings. The van der Waals surface area contributed by atoms with Gasteiger partial charge in [-0.3, -0.25) is 28.9 Å². The van der Waals surface area contributed by atoms with Crippen LogP contribution in [-0.4, -0.2) is 43.0 Å². The number of nitrogens with zero attached hydrogens (tertiary/aromatic N) is 4. The Balaban J connectivity index is 1.31. The summed E-state index contributed by atoms with van der Waals surface area (Å²) in [5.41, 5.74) is 3.30. The molecule has 0 bridgehead atoms. The van der Waals surface area contributed by atoms with E-state index < -0.39 is 0 Å². The van der Waals surface area contributed by atoms with Crippen LogP contribution in [0, 0.1) is 0 Å². The summed E-state index contributed by atoms with van der Waals surface area (Å²) in [7, 11) is 0. The van der Waals surface area contributed by atoms with E-state index in [-0.39, 0.29) is 30.3 Å². The van der Waals surface area contributed by atoms with Crippen molar-refractivity contribution in [2.45, 2.75) is 19.4 Å². The molecule has 1 aliphatic rings. The number of hydrogen-bond acceptors (Lipinski definition) is 5. The van der Waals surface area contributed by atoms with E-state index in [1.807, 2.05) is 30.3 Å². The van der Waals surface area contributed by atoms with Crippen LogP contribution in [0.15, 0.2) is 77.7 Å². The number of aromatic nitrogens is 4. The molecular formula is C27H21N5O3. The number of hydrogen-bond donors (Lipinski definition) is 1. The number of carbonyl (C=O) groups excluding carboxylic acids is 2. The van der Waals surface area contributed by atoms with Gasteiger partial charge < -0.3 is 0 Å². The Kier molecular flexibility index (Phi) is 4.99. The zero-order valence-electron chi connectivity index (χ0n) is 18.8. The average Bonchev–Trinajstić information content (AvgIpc) is 3.45. The zero-order valence-corrected chi connectivity index (χ0v) is 18.8. The molecule has 35 heavy (non-hydrogen) atoms.